The van der Waals surface area contributed by atoms with E-state index in [0.717, 1.165) is 5.56 Å². The van der Waals surface area contributed by atoms with Gasteiger partial charge in [-0.05, 0) is 23.8 Å². The van der Waals surface area contributed by atoms with Gasteiger partial charge in [0.1, 0.15) is 6.54 Å². The zero-order valence-corrected chi connectivity index (χ0v) is 14.6. The van der Waals surface area contributed by atoms with Crippen molar-refractivity contribution in [2.75, 3.05) is 18.9 Å². The Balaban J connectivity index is 2.20. The highest BCUT2D eigenvalue weighted by Crippen LogP contribution is 2.22. The molecule has 0 heterocycles. The number of benzene rings is 2. The molecule has 0 bridgehead atoms. The second-order valence-electron chi connectivity index (χ2n) is 5.16. The predicted molar refractivity (Wildman–Crippen MR) is 97.9 cm³/mol. The quantitative estimate of drug-likeness (QED) is 0.621. The van der Waals surface area contributed by atoms with E-state index in [0.29, 0.717) is 28.2 Å². The van der Waals surface area contributed by atoms with E-state index in [1.54, 1.807) is 18.2 Å². The van der Waals surface area contributed by atoms with Crippen molar-refractivity contribution >= 4 is 40.8 Å². The molecule has 24 heavy (non-hydrogen) atoms. The lowest BCUT2D eigenvalue weighted by molar-refractivity contribution is -0.135. The van der Waals surface area contributed by atoms with Crippen LogP contribution in [-0.4, -0.2) is 35.5 Å². The van der Waals surface area contributed by atoms with Crippen molar-refractivity contribution in [2.45, 2.75) is 6.54 Å². The zero-order chi connectivity index (χ0) is 17.5. The maximum absolute atomic E-state index is 10.8. The first-order valence-electron chi connectivity index (χ1n) is 7.18. The number of aliphatic imine (C=N–C) groups is 1. The van der Waals surface area contributed by atoms with Crippen molar-refractivity contribution in [1.29, 1.82) is 0 Å². The minimum atomic E-state index is -1.01. The van der Waals surface area contributed by atoms with Crippen LogP contribution in [0.2, 0.25) is 10.0 Å². The monoisotopic (exact) mass is 365 g/mol. The molecule has 0 aliphatic heterocycles. The van der Waals surface area contributed by atoms with Crippen molar-refractivity contribution in [3.8, 4) is 0 Å². The van der Waals surface area contributed by atoms with Gasteiger partial charge < -0.3 is 15.3 Å². The molecule has 0 aliphatic carbocycles. The molecular formula is C17H17Cl2N3O2. The van der Waals surface area contributed by atoms with E-state index in [4.69, 9.17) is 28.3 Å². The molecule has 0 saturated heterocycles. The predicted octanol–water partition coefficient (Wildman–Crippen LogP) is 3.98. The van der Waals surface area contributed by atoms with E-state index in [-0.39, 0.29) is 6.54 Å². The lowest BCUT2D eigenvalue weighted by Gasteiger charge is -2.22. The van der Waals surface area contributed by atoms with Crippen LogP contribution in [0, 0.1) is 0 Å². The van der Waals surface area contributed by atoms with Gasteiger partial charge in [-0.1, -0.05) is 53.5 Å². The lowest BCUT2D eigenvalue weighted by Crippen LogP contribution is -2.33. The van der Waals surface area contributed by atoms with Gasteiger partial charge in [-0.2, -0.15) is 0 Å². The molecule has 2 rings (SSSR count). The third kappa shape index (κ3) is 5.76. The van der Waals surface area contributed by atoms with Gasteiger partial charge in [-0.3, -0.25) is 4.79 Å². The maximum Gasteiger partial charge on any atom is 0.325 e. The number of carboxylic acids is 1. The van der Waals surface area contributed by atoms with Crippen LogP contribution in [0.3, 0.4) is 0 Å². The van der Waals surface area contributed by atoms with Crippen molar-refractivity contribution in [3.63, 3.8) is 0 Å². The van der Waals surface area contributed by atoms with Gasteiger partial charge in [0.05, 0.1) is 0 Å². The topological polar surface area (TPSA) is 64.9 Å². The van der Waals surface area contributed by atoms with Crippen molar-refractivity contribution in [1.82, 2.24) is 4.90 Å². The van der Waals surface area contributed by atoms with Crippen LogP contribution in [0.25, 0.3) is 0 Å². The third-order valence-electron chi connectivity index (χ3n) is 3.11. The van der Waals surface area contributed by atoms with E-state index in [2.05, 4.69) is 10.3 Å². The molecule has 5 nitrogen and oxygen atoms in total. The van der Waals surface area contributed by atoms with Crippen LogP contribution in [0.15, 0.2) is 53.5 Å². The summed E-state index contributed by atoms with van der Waals surface area (Å²) in [6.07, 6.45) is 0. The van der Waals surface area contributed by atoms with Gasteiger partial charge in [-0.25, -0.2) is 4.99 Å². The number of rotatable bonds is 5. The Kier molecular flexibility index (Phi) is 6.46. The number of anilines is 1. The average molecular weight is 366 g/mol. The normalized spacial score (nSPS) is 11.2. The van der Waals surface area contributed by atoms with Gasteiger partial charge in [0.25, 0.3) is 0 Å². The van der Waals surface area contributed by atoms with Crippen LogP contribution in [-0.2, 0) is 11.3 Å². The van der Waals surface area contributed by atoms with Gasteiger partial charge in [-0.15, -0.1) is 0 Å². The maximum atomic E-state index is 10.8. The first kappa shape index (κ1) is 18.1. The molecule has 0 amide bonds. The summed E-state index contributed by atoms with van der Waals surface area (Å²) in [6.45, 7) is 0.232. The smallest absolute Gasteiger partial charge is 0.325 e. The van der Waals surface area contributed by atoms with Crippen molar-refractivity contribution in [3.05, 3.63) is 64.1 Å². The number of nitrogens with zero attached hydrogens (tertiary/aromatic N) is 2. The van der Waals surface area contributed by atoms with Crippen LogP contribution >= 0.6 is 23.2 Å². The Bertz CT molecular complexity index is 716. The Morgan fingerprint density at radius 3 is 2.38 bits per heavy atom. The minimum absolute atomic E-state index is 0.338. The van der Waals surface area contributed by atoms with Crippen LogP contribution < -0.4 is 5.32 Å². The number of hydrogen-bond donors (Lipinski definition) is 2. The van der Waals surface area contributed by atoms with Gasteiger partial charge in [0.2, 0.25) is 0 Å². The molecular weight excluding hydrogens is 349 g/mol. The fourth-order valence-electron chi connectivity index (χ4n) is 2.09. The van der Waals surface area contributed by atoms with Crippen molar-refractivity contribution < 1.29 is 9.90 Å². The molecule has 0 spiro atoms. The minimum Gasteiger partial charge on any atom is -0.480 e. The number of nitrogens with one attached hydrogen (secondary N) is 1. The Morgan fingerprint density at radius 1 is 1.17 bits per heavy atom. The molecule has 2 aromatic rings. The van der Waals surface area contributed by atoms with Crippen LogP contribution in [0.1, 0.15) is 5.56 Å². The molecule has 0 unspecified atom stereocenters. The molecule has 0 saturated carbocycles. The van der Waals surface area contributed by atoms with Crippen LogP contribution in [0.5, 0.6) is 0 Å². The summed E-state index contributed by atoms with van der Waals surface area (Å²) < 4.78 is 0. The fourth-order valence-corrected chi connectivity index (χ4v) is 2.61. The molecule has 7 heteroatoms. The molecule has 0 atom stereocenters. The summed E-state index contributed by atoms with van der Waals surface area (Å²) in [5.41, 5.74) is 1.71. The lowest BCUT2D eigenvalue weighted by atomic mass is 10.2. The molecule has 126 valence electrons. The summed E-state index contributed by atoms with van der Waals surface area (Å²) in [7, 11) is 1.83. The summed E-state index contributed by atoms with van der Waals surface area (Å²) >= 11 is 12.0. The van der Waals surface area contributed by atoms with Crippen molar-refractivity contribution in [2.24, 2.45) is 4.99 Å². The summed E-state index contributed by atoms with van der Waals surface area (Å²) in [4.78, 5) is 16.8. The second kappa shape index (κ2) is 8.57. The molecule has 0 aromatic heterocycles. The molecule has 2 N–H and O–H groups in total. The summed E-state index contributed by atoms with van der Waals surface area (Å²) in [5.74, 6) is -0.592. The Hall–Kier alpha value is -2.24. The number of halogens is 2. The molecule has 0 radical (unpaired) electrons. The standard InChI is InChI=1S/C17H17Cl2N3O2/c1-22(11-12-5-3-2-4-6-12)17(20-10-16(23)24)21-15-8-13(18)7-14(19)9-15/h2-9H,10-11H2,1H3,(H,20,21)(H,23,24). The van der Waals surface area contributed by atoms with E-state index in [9.17, 15) is 4.79 Å². The molecule has 0 aliphatic rings. The number of carbonyl (C=O) groups is 1. The Morgan fingerprint density at radius 2 is 1.79 bits per heavy atom. The summed E-state index contributed by atoms with van der Waals surface area (Å²) in [5, 5.41) is 12.9. The number of aliphatic carboxylic acids is 1. The Labute approximate surface area is 150 Å². The highest BCUT2D eigenvalue weighted by molar-refractivity contribution is 6.35. The highest BCUT2D eigenvalue weighted by atomic mass is 35.5. The first-order valence-corrected chi connectivity index (χ1v) is 7.94. The van der Waals surface area contributed by atoms with Gasteiger partial charge in [0.15, 0.2) is 5.96 Å². The largest absolute Gasteiger partial charge is 0.480 e. The zero-order valence-electron chi connectivity index (χ0n) is 13.0. The second-order valence-corrected chi connectivity index (χ2v) is 6.03. The SMILES string of the molecule is CN(Cc1ccccc1)C(=NCC(=O)O)Nc1cc(Cl)cc(Cl)c1. The molecule has 0 fully saturated rings. The summed E-state index contributed by atoms with van der Waals surface area (Å²) in [6, 6.07) is 14.8. The first-order chi connectivity index (χ1) is 11.4. The van der Waals surface area contributed by atoms with Crippen LogP contribution in [0.4, 0.5) is 5.69 Å². The van der Waals surface area contributed by atoms with E-state index in [1.807, 2.05) is 42.3 Å². The number of guanidine groups is 1. The molecule has 2 aromatic carbocycles. The number of hydrogen-bond acceptors (Lipinski definition) is 2. The average Bonchev–Trinajstić information content (AvgIpc) is 2.51. The number of carboxylic acid groups (broad SMARTS) is 1. The third-order valence-corrected chi connectivity index (χ3v) is 3.54. The van der Waals surface area contributed by atoms with Gasteiger partial charge in [0, 0.05) is 29.3 Å². The highest BCUT2D eigenvalue weighted by Gasteiger charge is 2.10. The van der Waals surface area contributed by atoms with E-state index < -0.39 is 5.97 Å². The fraction of sp³-hybridized carbons (Fsp3) is 0.176. The van der Waals surface area contributed by atoms with Gasteiger partial charge >= 0.3 is 5.97 Å². The van der Waals surface area contributed by atoms with E-state index >= 15 is 0 Å². The van der Waals surface area contributed by atoms with E-state index in [1.165, 1.54) is 0 Å².